The summed E-state index contributed by atoms with van der Waals surface area (Å²) in [5, 5.41) is 11.3. The Balaban J connectivity index is 0.00000294. The number of nitrogens with zero attached hydrogens (tertiary/aromatic N) is 2. The Bertz CT molecular complexity index is 1500. The van der Waals surface area contributed by atoms with Gasteiger partial charge in [-0.2, -0.15) is 0 Å². The predicted molar refractivity (Wildman–Crippen MR) is 146 cm³/mol. The Morgan fingerprint density at radius 2 is 1.87 bits per heavy atom. The summed E-state index contributed by atoms with van der Waals surface area (Å²) in [5.41, 5.74) is 7.31. The minimum absolute atomic E-state index is 0. The normalized spacial score (nSPS) is 16.3. The smallest absolute Gasteiger partial charge is 0.161 e. The lowest BCUT2D eigenvalue weighted by Gasteiger charge is -2.41. The van der Waals surface area contributed by atoms with Gasteiger partial charge in [-0.15, -0.1) is 0 Å². The molecular formula is C31H35FN2O4. The summed E-state index contributed by atoms with van der Waals surface area (Å²) >= 11 is 0. The van der Waals surface area contributed by atoms with E-state index in [1.807, 2.05) is 29.7 Å². The van der Waals surface area contributed by atoms with E-state index in [-0.39, 0.29) is 32.6 Å². The Morgan fingerprint density at radius 3 is 2.61 bits per heavy atom. The highest BCUT2D eigenvalue weighted by Crippen LogP contribution is 2.45. The summed E-state index contributed by atoms with van der Waals surface area (Å²) in [6, 6.07) is 15.6. The number of aryl methyl sites for hydroxylation is 1. The number of ether oxygens (including phenoxy) is 3. The fourth-order valence-electron chi connectivity index (χ4n) is 5.93. The van der Waals surface area contributed by atoms with Crippen molar-refractivity contribution >= 4 is 10.9 Å². The predicted octanol–water partition coefficient (Wildman–Crippen LogP) is 5.93. The van der Waals surface area contributed by atoms with Crippen LogP contribution >= 0.6 is 0 Å². The number of halogens is 1. The number of hydrogen-bond donors (Lipinski definition) is 1. The quantitative estimate of drug-likeness (QED) is 0.343. The highest BCUT2D eigenvalue weighted by atomic mass is 19.1. The number of fused-ring (bicyclic) bond motifs is 6. The van der Waals surface area contributed by atoms with E-state index in [2.05, 4.69) is 23.1 Å². The van der Waals surface area contributed by atoms with Gasteiger partial charge in [0.1, 0.15) is 24.9 Å². The molecule has 6 nitrogen and oxygen atoms in total. The lowest BCUT2D eigenvalue weighted by molar-refractivity contribution is 0.145. The van der Waals surface area contributed by atoms with Crippen molar-refractivity contribution in [3.8, 4) is 17.2 Å². The number of hydrogen-bond acceptors (Lipinski definition) is 5. The average Bonchev–Trinajstić information content (AvgIpc) is 3.22. The lowest BCUT2D eigenvalue weighted by Crippen LogP contribution is -2.39. The zero-order valence-corrected chi connectivity index (χ0v) is 21.4. The molecule has 6 rings (SSSR count). The van der Waals surface area contributed by atoms with Gasteiger partial charge in [0.2, 0.25) is 0 Å². The third-order valence-corrected chi connectivity index (χ3v) is 7.87. The van der Waals surface area contributed by atoms with Crippen LogP contribution in [-0.4, -0.2) is 35.3 Å². The van der Waals surface area contributed by atoms with Crippen LogP contribution in [0.2, 0.25) is 0 Å². The van der Waals surface area contributed by atoms with E-state index >= 15 is 0 Å². The van der Waals surface area contributed by atoms with Gasteiger partial charge < -0.3 is 23.9 Å². The van der Waals surface area contributed by atoms with Crippen molar-refractivity contribution in [2.24, 2.45) is 0 Å². The van der Waals surface area contributed by atoms with Crippen molar-refractivity contribution in [3.63, 3.8) is 0 Å². The molecule has 0 fully saturated rings. The highest BCUT2D eigenvalue weighted by Gasteiger charge is 2.36. The van der Waals surface area contributed by atoms with E-state index in [9.17, 15) is 9.50 Å². The fraction of sp³-hybridized carbons (Fsp3) is 0.355. The van der Waals surface area contributed by atoms with Crippen LogP contribution in [0.3, 0.4) is 0 Å². The van der Waals surface area contributed by atoms with Gasteiger partial charge in [0, 0.05) is 35.8 Å². The lowest BCUT2D eigenvalue weighted by atomic mass is 9.85. The maximum Gasteiger partial charge on any atom is 0.161 e. The molecule has 7 heteroatoms. The largest absolute Gasteiger partial charge is 0.497 e. The molecule has 1 aromatic heterocycles. The highest BCUT2D eigenvalue weighted by molar-refractivity contribution is 5.87. The number of aliphatic hydroxyl groups is 1. The SMILES string of the molecule is C.COc1ccc2c(c1)c1c(n2CO)CN2CCc3cc(OCc4ccc(C)cc4F)c(OC)cc3C2C1. The Kier molecular flexibility index (Phi) is 7.07. The molecule has 2 aliphatic heterocycles. The summed E-state index contributed by atoms with van der Waals surface area (Å²) in [6.07, 6.45) is 1.71. The van der Waals surface area contributed by atoms with E-state index in [1.54, 1.807) is 20.3 Å². The van der Waals surface area contributed by atoms with E-state index in [0.29, 0.717) is 17.1 Å². The zero-order valence-electron chi connectivity index (χ0n) is 21.4. The number of rotatable bonds is 6. The first-order valence-electron chi connectivity index (χ1n) is 12.6. The van der Waals surface area contributed by atoms with Gasteiger partial charge in [-0.1, -0.05) is 19.6 Å². The van der Waals surface area contributed by atoms with Gasteiger partial charge in [-0.25, -0.2) is 4.39 Å². The molecule has 1 atom stereocenters. The molecule has 200 valence electrons. The molecule has 0 saturated heterocycles. The van der Waals surface area contributed by atoms with Crippen LogP contribution in [0.15, 0.2) is 48.5 Å². The molecule has 1 N–H and O–H groups in total. The summed E-state index contributed by atoms with van der Waals surface area (Å²) in [5.74, 6) is 1.83. The van der Waals surface area contributed by atoms with Gasteiger partial charge in [0.25, 0.3) is 0 Å². The zero-order chi connectivity index (χ0) is 25.7. The third kappa shape index (κ3) is 4.29. The molecule has 3 heterocycles. The maximum atomic E-state index is 14.4. The van der Waals surface area contributed by atoms with Gasteiger partial charge in [-0.05, 0) is 78.4 Å². The number of methoxy groups -OCH3 is 2. The second-order valence-corrected chi connectivity index (χ2v) is 9.90. The van der Waals surface area contributed by atoms with Crippen LogP contribution in [0.25, 0.3) is 10.9 Å². The van der Waals surface area contributed by atoms with E-state index in [1.165, 1.54) is 22.8 Å². The standard InChI is InChI=1S/C30H31FN2O4.CH4/c1-18-4-5-20(25(31)10-18)16-37-30-11-19-8-9-32-15-28-24(13-27(32)22(19)14-29(30)36-3)23-12-21(35-2)6-7-26(23)33(28)17-34;/h4-7,10-12,14,27,34H,8-9,13,15-17H2,1-3H3;1H4. The van der Waals surface area contributed by atoms with Crippen molar-refractivity contribution in [3.05, 3.63) is 87.9 Å². The van der Waals surface area contributed by atoms with E-state index in [4.69, 9.17) is 14.2 Å². The van der Waals surface area contributed by atoms with Crippen LogP contribution < -0.4 is 14.2 Å². The molecule has 0 bridgehead atoms. The summed E-state index contributed by atoms with van der Waals surface area (Å²) < 4.78 is 33.7. The molecule has 0 radical (unpaired) electrons. The molecule has 0 amide bonds. The van der Waals surface area contributed by atoms with Crippen LogP contribution in [0, 0.1) is 12.7 Å². The van der Waals surface area contributed by atoms with Crippen LogP contribution in [0.4, 0.5) is 4.39 Å². The van der Waals surface area contributed by atoms with Crippen molar-refractivity contribution in [1.82, 2.24) is 9.47 Å². The minimum Gasteiger partial charge on any atom is -0.497 e. The van der Waals surface area contributed by atoms with Crippen molar-refractivity contribution < 1.29 is 23.7 Å². The molecule has 3 aromatic carbocycles. The number of aromatic nitrogens is 1. The molecule has 4 aromatic rings. The average molecular weight is 519 g/mol. The van der Waals surface area contributed by atoms with Crippen LogP contribution in [0.1, 0.15) is 47.0 Å². The second kappa shape index (κ2) is 10.3. The van der Waals surface area contributed by atoms with Crippen molar-refractivity contribution in [2.75, 3.05) is 20.8 Å². The van der Waals surface area contributed by atoms with Gasteiger partial charge in [0.05, 0.1) is 19.7 Å². The number of aliphatic hydroxyl groups excluding tert-OH is 1. The molecule has 2 aliphatic rings. The first kappa shape index (κ1) is 26.1. The number of benzene rings is 3. The Labute approximate surface area is 223 Å². The summed E-state index contributed by atoms with van der Waals surface area (Å²) in [4.78, 5) is 2.48. The second-order valence-electron chi connectivity index (χ2n) is 9.90. The monoisotopic (exact) mass is 518 g/mol. The minimum atomic E-state index is -0.260. The maximum absolute atomic E-state index is 14.4. The molecule has 0 spiro atoms. The molecule has 1 unspecified atom stereocenters. The van der Waals surface area contributed by atoms with Crippen molar-refractivity contribution in [1.29, 1.82) is 0 Å². The fourth-order valence-corrected chi connectivity index (χ4v) is 5.93. The van der Waals surface area contributed by atoms with Gasteiger partial charge in [0.15, 0.2) is 11.5 Å². The first-order valence-corrected chi connectivity index (χ1v) is 12.6. The van der Waals surface area contributed by atoms with Crippen molar-refractivity contribution in [2.45, 2.75) is 53.1 Å². The topological polar surface area (TPSA) is 56.1 Å². The molecular weight excluding hydrogens is 483 g/mol. The first-order chi connectivity index (χ1) is 18.0. The molecule has 0 aliphatic carbocycles. The van der Waals surface area contributed by atoms with E-state index < -0.39 is 0 Å². The Hall–Kier alpha value is -3.55. The summed E-state index contributed by atoms with van der Waals surface area (Å²) in [7, 11) is 3.32. The molecule has 0 saturated carbocycles. The summed E-state index contributed by atoms with van der Waals surface area (Å²) in [6.45, 7) is 3.64. The van der Waals surface area contributed by atoms with Gasteiger partial charge in [-0.3, -0.25) is 4.90 Å². The Morgan fingerprint density at radius 1 is 1.03 bits per heavy atom. The molecule has 38 heavy (non-hydrogen) atoms. The van der Waals surface area contributed by atoms with E-state index in [0.717, 1.165) is 53.8 Å². The third-order valence-electron chi connectivity index (χ3n) is 7.87. The van der Waals surface area contributed by atoms with Crippen LogP contribution in [-0.2, 0) is 32.7 Å². The van der Waals surface area contributed by atoms with Crippen LogP contribution in [0.5, 0.6) is 17.2 Å². The van der Waals surface area contributed by atoms with Gasteiger partial charge >= 0.3 is 0 Å².